The first-order valence-corrected chi connectivity index (χ1v) is 5.70. The third-order valence-corrected chi connectivity index (χ3v) is 2.84. The van der Waals surface area contributed by atoms with Gasteiger partial charge in [-0.2, -0.15) is 0 Å². The van der Waals surface area contributed by atoms with E-state index in [1.807, 2.05) is 13.8 Å². The normalized spacial score (nSPS) is 16.9. The van der Waals surface area contributed by atoms with Crippen molar-refractivity contribution in [3.05, 3.63) is 29.8 Å². The lowest BCUT2D eigenvalue weighted by molar-refractivity contribution is -0.130. The highest BCUT2D eigenvalue weighted by atomic mass is 16.5. The van der Waals surface area contributed by atoms with Crippen molar-refractivity contribution in [1.82, 2.24) is 0 Å². The van der Waals surface area contributed by atoms with Gasteiger partial charge in [-0.05, 0) is 18.2 Å². The maximum atomic E-state index is 11.4. The monoisotopic (exact) mass is 248 g/mol. The summed E-state index contributed by atoms with van der Waals surface area (Å²) < 4.78 is 10.8. The molecule has 18 heavy (non-hydrogen) atoms. The number of fused-ring (bicyclic) bond motifs is 1. The van der Waals surface area contributed by atoms with Crippen molar-refractivity contribution in [2.45, 2.75) is 13.8 Å². The molecule has 2 rings (SSSR count). The van der Waals surface area contributed by atoms with Crippen LogP contribution in [0, 0.1) is 5.41 Å². The number of hydrogen-bond acceptors (Lipinski definition) is 3. The van der Waals surface area contributed by atoms with Gasteiger partial charge in [-0.1, -0.05) is 19.9 Å². The Hall–Kier alpha value is -1.97. The molecule has 4 nitrogen and oxygen atoms in total. The molecule has 1 aromatic rings. The Balaban J connectivity index is 2.60. The second kappa shape index (κ2) is 4.37. The molecule has 1 aliphatic heterocycles. The van der Waals surface area contributed by atoms with Crippen LogP contribution in [0.1, 0.15) is 19.4 Å². The molecule has 1 aliphatic rings. The lowest BCUT2D eigenvalue weighted by Gasteiger charge is -2.18. The van der Waals surface area contributed by atoms with Crippen molar-refractivity contribution in [1.29, 1.82) is 0 Å². The zero-order valence-electron chi connectivity index (χ0n) is 10.7. The van der Waals surface area contributed by atoms with Crippen LogP contribution in [0.15, 0.2) is 24.3 Å². The lowest BCUT2D eigenvalue weighted by atomic mass is 9.90. The molecule has 0 spiro atoms. The van der Waals surface area contributed by atoms with Crippen molar-refractivity contribution >= 4 is 11.5 Å². The summed E-state index contributed by atoms with van der Waals surface area (Å²) in [6, 6.07) is 5.19. The first-order valence-electron chi connectivity index (χ1n) is 5.70. The van der Waals surface area contributed by atoms with E-state index in [-0.39, 0.29) is 11.0 Å². The Bertz CT molecular complexity index is 515. The van der Waals surface area contributed by atoms with Crippen LogP contribution < -0.4 is 9.47 Å². The fourth-order valence-electron chi connectivity index (χ4n) is 1.92. The van der Waals surface area contributed by atoms with Crippen LogP contribution in [0.2, 0.25) is 0 Å². The maximum absolute atomic E-state index is 11.4. The molecule has 1 N–H and O–H groups in total. The zero-order chi connectivity index (χ0) is 13.3. The molecule has 96 valence electrons. The van der Waals surface area contributed by atoms with Crippen LogP contribution in [0.4, 0.5) is 0 Å². The summed E-state index contributed by atoms with van der Waals surface area (Å²) >= 11 is 0. The van der Waals surface area contributed by atoms with Gasteiger partial charge in [-0.15, -0.1) is 0 Å². The first-order chi connectivity index (χ1) is 8.43. The lowest BCUT2D eigenvalue weighted by Crippen LogP contribution is -2.18. The van der Waals surface area contributed by atoms with Crippen molar-refractivity contribution in [3.63, 3.8) is 0 Å². The van der Waals surface area contributed by atoms with E-state index in [1.165, 1.54) is 0 Å². The minimum Gasteiger partial charge on any atom is -0.497 e. The average Bonchev–Trinajstić information content (AvgIpc) is 2.46. The maximum Gasteiger partial charge on any atom is 0.336 e. The first kappa shape index (κ1) is 12.5. The largest absolute Gasteiger partial charge is 0.497 e. The van der Waals surface area contributed by atoms with Gasteiger partial charge in [0.15, 0.2) is 0 Å². The van der Waals surface area contributed by atoms with E-state index in [0.29, 0.717) is 23.7 Å². The van der Waals surface area contributed by atoms with Gasteiger partial charge in [0.25, 0.3) is 0 Å². The van der Waals surface area contributed by atoms with Gasteiger partial charge in [0, 0.05) is 11.0 Å². The van der Waals surface area contributed by atoms with E-state index < -0.39 is 5.97 Å². The summed E-state index contributed by atoms with van der Waals surface area (Å²) in [6.07, 6.45) is 1.74. The molecule has 0 amide bonds. The summed E-state index contributed by atoms with van der Waals surface area (Å²) in [5.41, 5.74) is 0.499. The smallest absolute Gasteiger partial charge is 0.336 e. The Kier molecular flexibility index (Phi) is 3.03. The Labute approximate surface area is 106 Å². The summed E-state index contributed by atoms with van der Waals surface area (Å²) in [7, 11) is 1.55. The Morgan fingerprint density at radius 3 is 2.78 bits per heavy atom. The molecule has 1 heterocycles. The number of methoxy groups -OCH3 is 1. The number of carbonyl (C=O) groups is 1. The minimum absolute atomic E-state index is 0.256. The molecule has 0 saturated heterocycles. The van der Waals surface area contributed by atoms with Gasteiger partial charge in [0.05, 0.1) is 19.3 Å². The molecule has 0 saturated carbocycles. The summed E-state index contributed by atoms with van der Waals surface area (Å²) in [6.45, 7) is 4.33. The molecule has 4 heteroatoms. The minimum atomic E-state index is -0.955. The summed E-state index contributed by atoms with van der Waals surface area (Å²) in [5.74, 6) is 0.238. The van der Waals surface area contributed by atoms with Gasteiger partial charge < -0.3 is 14.6 Å². The van der Waals surface area contributed by atoms with E-state index in [4.69, 9.17) is 9.47 Å². The highest BCUT2D eigenvalue weighted by Crippen LogP contribution is 2.37. The molecule has 1 aromatic carbocycles. The number of carboxylic acid groups (broad SMARTS) is 1. The number of carboxylic acids is 1. The average molecular weight is 248 g/mol. The van der Waals surface area contributed by atoms with Crippen molar-refractivity contribution in [2.24, 2.45) is 5.41 Å². The molecule has 0 radical (unpaired) electrons. The molecule has 0 aliphatic carbocycles. The molecule has 0 aromatic heterocycles. The summed E-state index contributed by atoms with van der Waals surface area (Å²) in [4.78, 5) is 11.4. The topological polar surface area (TPSA) is 55.8 Å². The predicted molar refractivity (Wildman–Crippen MR) is 67.9 cm³/mol. The van der Waals surface area contributed by atoms with E-state index in [0.717, 1.165) is 0 Å². The molecule has 0 bridgehead atoms. The Morgan fingerprint density at radius 1 is 1.44 bits per heavy atom. The number of rotatable bonds is 2. The number of benzene rings is 1. The number of aliphatic carboxylic acids is 1. The summed E-state index contributed by atoms with van der Waals surface area (Å²) in [5, 5.41) is 9.34. The van der Waals surface area contributed by atoms with Gasteiger partial charge in [-0.25, -0.2) is 4.79 Å². The second-order valence-corrected chi connectivity index (χ2v) is 5.00. The fourth-order valence-corrected chi connectivity index (χ4v) is 1.92. The molecular formula is C14H16O4. The van der Waals surface area contributed by atoms with Gasteiger partial charge in [-0.3, -0.25) is 0 Å². The predicted octanol–water partition coefficient (Wildman–Crippen LogP) is 2.58. The van der Waals surface area contributed by atoms with Crippen molar-refractivity contribution < 1.29 is 19.4 Å². The van der Waals surface area contributed by atoms with E-state index in [9.17, 15) is 9.90 Å². The Morgan fingerprint density at radius 2 is 2.17 bits per heavy atom. The van der Waals surface area contributed by atoms with Crippen molar-refractivity contribution in [3.8, 4) is 11.5 Å². The van der Waals surface area contributed by atoms with Crippen molar-refractivity contribution in [2.75, 3.05) is 13.7 Å². The third-order valence-electron chi connectivity index (χ3n) is 2.84. The molecule has 0 unspecified atom stereocenters. The number of ether oxygens (including phenoxy) is 2. The van der Waals surface area contributed by atoms with Gasteiger partial charge in [0.2, 0.25) is 0 Å². The number of hydrogen-bond donors (Lipinski definition) is 1. The third kappa shape index (κ3) is 2.32. The highest BCUT2D eigenvalue weighted by molar-refractivity contribution is 6.16. The molecule has 0 fully saturated rings. The molecular weight excluding hydrogens is 232 g/mol. The zero-order valence-corrected chi connectivity index (χ0v) is 10.7. The van der Waals surface area contributed by atoms with E-state index >= 15 is 0 Å². The van der Waals surface area contributed by atoms with E-state index in [2.05, 4.69) is 0 Å². The second-order valence-electron chi connectivity index (χ2n) is 5.00. The van der Waals surface area contributed by atoms with Crippen LogP contribution in [0.5, 0.6) is 11.5 Å². The van der Waals surface area contributed by atoms with E-state index in [1.54, 1.807) is 31.4 Å². The van der Waals surface area contributed by atoms with Gasteiger partial charge >= 0.3 is 5.97 Å². The van der Waals surface area contributed by atoms with Crippen LogP contribution in [-0.2, 0) is 4.79 Å². The highest BCUT2D eigenvalue weighted by Gasteiger charge is 2.27. The standard InChI is InChI=1S/C14H16O4/c1-14(2)7-11(13(15)16)10-6-9(17-3)4-5-12(10)18-8-14/h4-7H,8H2,1-3H3,(H,15,16). The fraction of sp³-hybridized carbons (Fsp3) is 0.357. The quantitative estimate of drug-likeness (QED) is 0.874. The molecule has 0 atom stereocenters. The van der Waals surface area contributed by atoms with Crippen LogP contribution >= 0.6 is 0 Å². The van der Waals surface area contributed by atoms with Crippen LogP contribution in [0.25, 0.3) is 5.57 Å². The van der Waals surface area contributed by atoms with Crippen LogP contribution in [-0.4, -0.2) is 24.8 Å². The SMILES string of the molecule is COc1ccc2c(c1)C(C(=O)O)=CC(C)(C)CO2. The van der Waals surface area contributed by atoms with Gasteiger partial charge in [0.1, 0.15) is 11.5 Å². The van der Waals surface area contributed by atoms with Crippen LogP contribution in [0.3, 0.4) is 0 Å².